The minimum absolute atomic E-state index is 0.295. The van der Waals surface area contributed by atoms with Crippen molar-refractivity contribution in [2.45, 2.75) is 19.8 Å². The third-order valence-electron chi connectivity index (χ3n) is 3.08. The fourth-order valence-corrected chi connectivity index (χ4v) is 1.98. The molecule has 0 N–H and O–H groups in total. The van der Waals surface area contributed by atoms with Gasteiger partial charge < -0.3 is 4.48 Å². The van der Waals surface area contributed by atoms with Gasteiger partial charge in [0.05, 0.1) is 20.1 Å². The van der Waals surface area contributed by atoms with E-state index in [0.29, 0.717) is 11.7 Å². The molecule has 1 heterocycles. The quantitative estimate of drug-likeness (QED) is 0.459. The van der Waals surface area contributed by atoms with Gasteiger partial charge in [0.2, 0.25) is 0 Å². The molecule has 0 unspecified atom stereocenters. The highest BCUT2D eigenvalue weighted by atomic mass is 16.1. The number of hydrogen-bond acceptors (Lipinski definition) is 1. The standard InChI is InChI=1S/C11H18NO/c1-4-7-12(3)8-5-11(6-9-12)10(2)13/h1,11H,5-9H2,2-3H3/q+1. The van der Waals surface area contributed by atoms with Gasteiger partial charge in [-0.2, -0.15) is 0 Å². The number of quaternary nitrogens is 1. The first-order valence-electron chi connectivity index (χ1n) is 4.85. The highest BCUT2D eigenvalue weighted by Gasteiger charge is 2.30. The second-order valence-corrected chi connectivity index (χ2v) is 4.31. The zero-order valence-corrected chi connectivity index (χ0v) is 8.55. The van der Waals surface area contributed by atoms with Gasteiger partial charge in [-0.25, -0.2) is 0 Å². The van der Waals surface area contributed by atoms with Crippen LogP contribution in [0.3, 0.4) is 0 Å². The van der Waals surface area contributed by atoms with E-state index in [9.17, 15) is 4.79 Å². The van der Waals surface area contributed by atoms with Crippen molar-refractivity contribution in [2.24, 2.45) is 5.92 Å². The molecule has 1 aliphatic rings. The maximum Gasteiger partial charge on any atom is 0.140 e. The molecule has 0 aromatic carbocycles. The van der Waals surface area contributed by atoms with E-state index >= 15 is 0 Å². The molecular weight excluding hydrogens is 162 g/mol. The lowest BCUT2D eigenvalue weighted by molar-refractivity contribution is -0.908. The second-order valence-electron chi connectivity index (χ2n) is 4.31. The molecule has 13 heavy (non-hydrogen) atoms. The lowest BCUT2D eigenvalue weighted by Gasteiger charge is -2.38. The Hall–Kier alpha value is -0.810. The van der Waals surface area contributed by atoms with E-state index in [4.69, 9.17) is 6.42 Å². The predicted octanol–water partition coefficient (Wildman–Crippen LogP) is 1.07. The molecule has 0 aromatic heterocycles. The zero-order valence-electron chi connectivity index (χ0n) is 8.55. The smallest absolute Gasteiger partial charge is 0.140 e. The highest BCUT2D eigenvalue weighted by molar-refractivity contribution is 5.78. The number of rotatable bonds is 2. The summed E-state index contributed by atoms with van der Waals surface area (Å²) < 4.78 is 0.945. The van der Waals surface area contributed by atoms with E-state index in [2.05, 4.69) is 13.0 Å². The highest BCUT2D eigenvalue weighted by Crippen LogP contribution is 2.22. The van der Waals surface area contributed by atoms with Crippen molar-refractivity contribution in [1.82, 2.24) is 0 Å². The number of Topliss-reactive ketones (excluding diaryl/α,β-unsaturated/α-hetero) is 1. The monoisotopic (exact) mass is 180 g/mol. The van der Waals surface area contributed by atoms with Crippen molar-refractivity contribution in [3.63, 3.8) is 0 Å². The molecule has 0 amide bonds. The fraction of sp³-hybridized carbons (Fsp3) is 0.727. The van der Waals surface area contributed by atoms with Crippen LogP contribution < -0.4 is 0 Å². The minimum atomic E-state index is 0.295. The summed E-state index contributed by atoms with van der Waals surface area (Å²) in [5.41, 5.74) is 0. The molecule has 0 spiro atoms. The summed E-state index contributed by atoms with van der Waals surface area (Å²) in [5.74, 6) is 3.34. The van der Waals surface area contributed by atoms with Crippen LogP contribution in [0, 0.1) is 18.3 Å². The fourth-order valence-electron chi connectivity index (χ4n) is 1.98. The van der Waals surface area contributed by atoms with Gasteiger partial charge in [-0.1, -0.05) is 0 Å². The van der Waals surface area contributed by atoms with Gasteiger partial charge in [-0.3, -0.25) is 4.79 Å². The van der Waals surface area contributed by atoms with Crippen molar-refractivity contribution in [3.05, 3.63) is 0 Å². The molecular formula is C11H18NO+. The lowest BCUT2D eigenvalue weighted by Crippen LogP contribution is -2.50. The summed E-state index contributed by atoms with van der Waals surface area (Å²) in [4.78, 5) is 11.1. The van der Waals surface area contributed by atoms with Crippen LogP contribution in [0.5, 0.6) is 0 Å². The Morgan fingerprint density at radius 3 is 2.46 bits per heavy atom. The minimum Gasteiger partial charge on any atom is -0.316 e. The van der Waals surface area contributed by atoms with Crippen molar-refractivity contribution >= 4 is 5.78 Å². The Bertz CT molecular complexity index is 231. The van der Waals surface area contributed by atoms with E-state index < -0.39 is 0 Å². The van der Waals surface area contributed by atoms with Gasteiger partial charge in [-0.15, -0.1) is 6.42 Å². The zero-order chi connectivity index (χ0) is 9.90. The number of terminal acetylenes is 1. The van der Waals surface area contributed by atoms with Crippen LogP contribution in [0.1, 0.15) is 19.8 Å². The van der Waals surface area contributed by atoms with E-state index in [1.54, 1.807) is 6.92 Å². The van der Waals surface area contributed by atoms with Crippen molar-refractivity contribution in [3.8, 4) is 12.3 Å². The third-order valence-corrected chi connectivity index (χ3v) is 3.08. The van der Waals surface area contributed by atoms with E-state index in [0.717, 1.165) is 37.0 Å². The maximum atomic E-state index is 11.1. The van der Waals surface area contributed by atoms with Crippen molar-refractivity contribution in [2.75, 3.05) is 26.7 Å². The first kappa shape index (κ1) is 10.3. The van der Waals surface area contributed by atoms with E-state index in [-0.39, 0.29) is 0 Å². The summed E-state index contributed by atoms with van der Waals surface area (Å²) in [6.07, 6.45) is 7.32. The molecule has 2 nitrogen and oxygen atoms in total. The average molecular weight is 180 g/mol. The Kier molecular flexibility index (Phi) is 3.11. The molecule has 2 heteroatoms. The second kappa shape index (κ2) is 3.93. The molecule has 1 rings (SSSR count). The van der Waals surface area contributed by atoms with Gasteiger partial charge in [0.15, 0.2) is 0 Å². The first-order valence-corrected chi connectivity index (χ1v) is 4.85. The molecule has 72 valence electrons. The molecule has 0 atom stereocenters. The third kappa shape index (κ3) is 2.57. The lowest BCUT2D eigenvalue weighted by atomic mass is 9.92. The Labute approximate surface area is 80.5 Å². The molecule has 1 aliphatic heterocycles. The van der Waals surface area contributed by atoms with Gasteiger partial charge in [0.25, 0.3) is 0 Å². The number of piperidine rings is 1. The Balaban J connectivity index is 2.47. The van der Waals surface area contributed by atoms with Crippen LogP contribution in [0.25, 0.3) is 0 Å². The van der Waals surface area contributed by atoms with Gasteiger partial charge in [0.1, 0.15) is 12.3 Å². The molecule has 1 saturated heterocycles. The van der Waals surface area contributed by atoms with Gasteiger partial charge in [0, 0.05) is 18.8 Å². The van der Waals surface area contributed by atoms with Crippen LogP contribution in [0.2, 0.25) is 0 Å². The summed E-state index contributed by atoms with van der Waals surface area (Å²) in [6.45, 7) is 4.59. The molecule has 0 radical (unpaired) electrons. The Morgan fingerprint density at radius 2 is 2.08 bits per heavy atom. The largest absolute Gasteiger partial charge is 0.316 e. The van der Waals surface area contributed by atoms with Gasteiger partial charge >= 0.3 is 0 Å². The van der Waals surface area contributed by atoms with Crippen LogP contribution in [0.15, 0.2) is 0 Å². The summed E-state index contributed by atoms with van der Waals surface area (Å²) in [6, 6.07) is 0. The van der Waals surface area contributed by atoms with E-state index in [1.807, 2.05) is 0 Å². The van der Waals surface area contributed by atoms with Crippen LogP contribution in [0.4, 0.5) is 0 Å². The molecule has 0 saturated carbocycles. The molecule has 0 bridgehead atoms. The summed E-state index contributed by atoms with van der Waals surface area (Å²) >= 11 is 0. The number of ketones is 1. The topological polar surface area (TPSA) is 17.1 Å². The SMILES string of the molecule is C#CC[N+]1(C)CCC(C(C)=O)CC1. The number of nitrogens with zero attached hydrogens (tertiary/aromatic N) is 1. The summed E-state index contributed by atoms with van der Waals surface area (Å²) in [5, 5.41) is 0. The molecule has 1 fully saturated rings. The first-order chi connectivity index (χ1) is 6.07. The Morgan fingerprint density at radius 1 is 1.54 bits per heavy atom. The molecule has 0 aliphatic carbocycles. The molecule has 0 aromatic rings. The number of likely N-dealkylation sites (tertiary alicyclic amines) is 1. The van der Waals surface area contributed by atoms with Crippen LogP contribution in [-0.2, 0) is 4.79 Å². The number of carbonyl (C=O) groups is 1. The van der Waals surface area contributed by atoms with Crippen LogP contribution >= 0.6 is 0 Å². The number of hydrogen-bond donors (Lipinski definition) is 0. The van der Waals surface area contributed by atoms with E-state index in [1.165, 1.54) is 0 Å². The normalized spacial score (nSPS) is 33.8. The average Bonchev–Trinajstić information content (AvgIpc) is 2.05. The van der Waals surface area contributed by atoms with Gasteiger partial charge in [-0.05, 0) is 12.8 Å². The van der Waals surface area contributed by atoms with Crippen molar-refractivity contribution < 1.29 is 9.28 Å². The van der Waals surface area contributed by atoms with Crippen LogP contribution in [-0.4, -0.2) is 36.9 Å². The maximum absolute atomic E-state index is 11.1. The van der Waals surface area contributed by atoms with Crippen molar-refractivity contribution in [1.29, 1.82) is 0 Å². The summed E-state index contributed by atoms with van der Waals surface area (Å²) in [7, 11) is 2.18. The number of carbonyl (C=O) groups excluding carboxylic acids is 1. The predicted molar refractivity (Wildman–Crippen MR) is 53.0 cm³/mol.